The van der Waals surface area contributed by atoms with Crippen molar-refractivity contribution in [1.82, 2.24) is 15.0 Å². The number of nitrogens with zero attached hydrogens (tertiary/aromatic N) is 2. The van der Waals surface area contributed by atoms with Crippen molar-refractivity contribution in [3.63, 3.8) is 0 Å². The van der Waals surface area contributed by atoms with Crippen molar-refractivity contribution in [2.24, 2.45) is 0 Å². The van der Waals surface area contributed by atoms with E-state index in [-0.39, 0.29) is 11.0 Å². The van der Waals surface area contributed by atoms with E-state index in [4.69, 9.17) is 10.2 Å². The number of fused-ring (bicyclic) bond motifs is 1. The number of anilines is 1. The third-order valence-electron chi connectivity index (χ3n) is 2.86. The number of nitrogens with one attached hydrogen (secondary N) is 2. The molecule has 2 aromatic heterocycles. The number of rotatable bonds is 5. The lowest BCUT2D eigenvalue weighted by atomic mass is 10.2. The van der Waals surface area contributed by atoms with Crippen molar-refractivity contribution >= 4 is 28.8 Å². The average Bonchev–Trinajstić information content (AvgIpc) is 2.76. The van der Waals surface area contributed by atoms with E-state index in [1.54, 1.807) is 6.92 Å². The molecule has 0 aliphatic carbocycles. The Kier molecular flexibility index (Phi) is 4.12. The molecule has 0 aliphatic heterocycles. The summed E-state index contributed by atoms with van der Waals surface area (Å²) in [7, 11) is 0. The number of aromatic nitrogens is 3. The maximum absolute atomic E-state index is 12.8. The number of alkyl halides is 3. The molecule has 1 unspecified atom stereocenters. The lowest BCUT2D eigenvalue weighted by Crippen LogP contribution is -2.32. The van der Waals surface area contributed by atoms with E-state index >= 15 is 0 Å². The van der Waals surface area contributed by atoms with Crippen molar-refractivity contribution < 1.29 is 33.0 Å². The number of aliphatic carboxylic acids is 2. The van der Waals surface area contributed by atoms with Crippen LogP contribution in [0, 0.1) is 6.92 Å². The van der Waals surface area contributed by atoms with E-state index in [9.17, 15) is 22.8 Å². The van der Waals surface area contributed by atoms with Crippen LogP contribution in [0.4, 0.5) is 19.0 Å². The summed E-state index contributed by atoms with van der Waals surface area (Å²) >= 11 is 0. The van der Waals surface area contributed by atoms with Crippen LogP contribution in [0.2, 0.25) is 0 Å². The van der Waals surface area contributed by atoms with Gasteiger partial charge in [0.1, 0.15) is 17.5 Å². The molecule has 0 bridgehead atoms. The maximum Gasteiger partial charge on any atom is 0.451 e. The number of carboxylic acids is 2. The Bertz CT molecular complexity index is 771. The second-order valence-electron chi connectivity index (χ2n) is 4.74. The molecule has 1 atom stereocenters. The van der Waals surface area contributed by atoms with Gasteiger partial charge in [-0.1, -0.05) is 0 Å². The van der Waals surface area contributed by atoms with Crippen molar-refractivity contribution in [3.05, 3.63) is 17.6 Å². The van der Waals surface area contributed by atoms with Gasteiger partial charge in [0.15, 0.2) is 0 Å². The summed E-state index contributed by atoms with van der Waals surface area (Å²) in [6, 6.07) is -0.209. The Morgan fingerprint density at radius 1 is 1.35 bits per heavy atom. The van der Waals surface area contributed by atoms with E-state index in [1.165, 1.54) is 6.07 Å². The van der Waals surface area contributed by atoms with Crippen LogP contribution in [0.1, 0.15) is 17.9 Å². The first kappa shape index (κ1) is 16.5. The minimum absolute atomic E-state index is 0.132. The highest BCUT2D eigenvalue weighted by molar-refractivity contribution is 5.91. The van der Waals surface area contributed by atoms with Gasteiger partial charge in [0.2, 0.25) is 5.82 Å². The van der Waals surface area contributed by atoms with Gasteiger partial charge in [0.05, 0.1) is 11.8 Å². The molecule has 4 N–H and O–H groups in total. The van der Waals surface area contributed by atoms with E-state index in [1.807, 2.05) is 0 Å². The first-order valence-corrected chi connectivity index (χ1v) is 6.23. The average molecular weight is 332 g/mol. The normalized spacial score (nSPS) is 13.0. The molecule has 0 amide bonds. The molecule has 2 rings (SSSR count). The summed E-state index contributed by atoms with van der Waals surface area (Å²) in [6.45, 7) is 1.57. The number of carboxylic acid groups (broad SMARTS) is 2. The number of aromatic amines is 1. The second-order valence-corrected chi connectivity index (χ2v) is 4.74. The van der Waals surface area contributed by atoms with Crippen molar-refractivity contribution in [3.8, 4) is 0 Å². The molecule has 11 heteroatoms. The lowest BCUT2D eigenvalue weighted by molar-refractivity contribution is -0.145. The number of H-pyrrole nitrogens is 1. The quantitative estimate of drug-likeness (QED) is 0.655. The first-order valence-electron chi connectivity index (χ1n) is 6.23. The zero-order valence-corrected chi connectivity index (χ0v) is 11.6. The van der Waals surface area contributed by atoms with Gasteiger partial charge in [-0.25, -0.2) is 14.8 Å². The van der Waals surface area contributed by atoms with Crippen LogP contribution in [0.5, 0.6) is 0 Å². The van der Waals surface area contributed by atoms with Gasteiger partial charge in [0, 0.05) is 5.69 Å². The molecule has 0 saturated carbocycles. The molecular formula is C12H11F3N4O4. The molecule has 0 aliphatic rings. The smallest absolute Gasteiger partial charge is 0.451 e. The van der Waals surface area contributed by atoms with Crippen LogP contribution in [-0.4, -0.2) is 43.1 Å². The SMILES string of the molecule is Cc1cc2c(NC(CC(=O)O)C(=O)O)nc(C(F)(F)F)nc2[nH]1. The molecule has 2 heterocycles. The van der Waals surface area contributed by atoms with Gasteiger partial charge in [0.25, 0.3) is 0 Å². The van der Waals surface area contributed by atoms with E-state index in [0.29, 0.717) is 5.69 Å². The number of hydrogen-bond donors (Lipinski definition) is 4. The fourth-order valence-corrected chi connectivity index (χ4v) is 1.92. The highest BCUT2D eigenvalue weighted by atomic mass is 19.4. The molecule has 0 radical (unpaired) electrons. The summed E-state index contributed by atoms with van der Waals surface area (Å²) in [5.74, 6) is -4.81. The number of aryl methyl sites for hydroxylation is 1. The second kappa shape index (κ2) is 5.74. The van der Waals surface area contributed by atoms with E-state index in [0.717, 1.165) is 0 Å². The molecule has 0 spiro atoms. The highest BCUT2D eigenvalue weighted by Crippen LogP contribution is 2.30. The number of halogens is 3. The molecule has 124 valence electrons. The van der Waals surface area contributed by atoms with Crippen LogP contribution >= 0.6 is 0 Å². The Balaban J connectivity index is 2.52. The van der Waals surface area contributed by atoms with Crippen molar-refractivity contribution in [2.75, 3.05) is 5.32 Å². The van der Waals surface area contributed by atoms with Crippen LogP contribution in [0.15, 0.2) is 6.07 Å². The molecule has 0 aromatic carbocycles. The van der Waals surface area contributed by atoms with Gasteiger partial charge in [-0.15, -0.1) is 0 Å². The van der Waals surface area contributed by atoms with Gasteiger partial charge in [-0.05, 0) is 13.0 Å². The van der Waals surface area contributed by atoms with E-state index < -0.39 is 42.2 Å². The fraction of sp³-hybridized carbons (Fsp3) is 0.333. The Hall–Kier alpha value is -2.85. The van der Waals surface area contributed by atoms with Gasteiger partial charge in [-0.2, -0.15) is 13.2 Å². The third kappa shape index (κ3) is 3.67. The van der Waals surface area contributed by atoms with Gasteiger partial charge >= 0.3 is 18.1 Å². The van der Waals surface area contributed by atoms with Gasteiger partial charge < -0.3 is 20.5 Å². The van der Waals surface area contributed by atoms with Crippen LogP contribution < -0.4 is 5.32 Å². The predicted molar refractivity (Wildman–Crippen MR) is 70.9 cm³/mol. The van der Waals surface area contributed by atoms with Crippen LogP contribution in [0.25, 0.3) is 11.0 Å². The maximum atomic E-state index is 12.8. The van der Waals surface area contributed by atoms with Crippen molar-refractivity contribution in [2.45, 2.75) is 25.6 Å². The zero-order chi connectivity index (χ0) is 17.4. The Morgan fingerprint density at radius 3 is 2.52 bits per heavy atom. The zero-order valence-electron chi connectivity index (χ0n) is 11.6. The molecule has 0 saturated heterocycles. The summed E-state index contributed by atoms with van der Waals surface area (Å²) in [5.41, 5.74) is 0.355. The standard InChI is InChI=1S/C12H11F3N4O4/c1-4-2-5-8(16-4)18-11(12(13,14)15)19-9(5)17-6(10(22)23)3-7(20)21/h2,6H,3H2,1H3,(H,20,21)(H,22,23)(H2,16,17,18,19). The first-order chi connectivity index (χ1) is 10.6. The summed E-state index contributed by atoms with van der Waals surface area (Å²) in [5, 5.41) is 20.0. The minimum atomic E-state index is -4.84. The number of hydrogen-bond acceptors (Lipinski definition) is 5. The molecule has 0 fully saturated rings. The fourth-order valence-electron chi connectivity index (χ4n) is 1.92. The van der Waals surface area contributed by atoms with E-state index in [2.05, 4.69) is 20.3 Å². The van der Waals surface area contributed by atoms with Crippen molar-refractivity contribution in [1.29, 1.82) is 0 Å². The largest absolute Gasteiger partial charge is 0.481 e. The molecule has 2 aromatic rings. The van der Waals surface area contributed by atoms with Crippen LogP contribution in [0.3, 0.4) is 0 Å². The number of carbonyl (C=O) groups is 2. The monoisotopic (exact) mass is 332 g/mol. The minimum Gasteiger partial charge on any atom is -0.481 e. The highest BCUT2D eigenvalue weighted by Gasteiger charge is 2.36. The summed E-state index contributed by atoms with van der Waals surface area (Å²) in [6.07, 6.45) is -5.67. The molecule has 23 heavy (non-hydrogen) atoms. The topological polar surface area (TPSA) is 128 Å². The van der Waals surface area contributed by atoms with Crippen LogP contribution in [-0.2, 0) is 15.8 Å². The Labute approximate surface area is 126 Å². The lowest BCUT2D eigenvalue weighted by Gasteiger charge is -2.15. The summed E-state index contributed by atoms with van der Waals surface area (Å²) in [4.78, 5) is 31.0. The predicted octanol–water partition coefficient (Wildman–Crippen LogP) is 1.62. The molecule has 8 nitrogen and oxygen atoms in total. The summed E-state index contributed by atoms with van der Waals surface area (Å²) < 4.78 is 38.5. The molecular weight excluding hydrogens is 321 g/mol. The Morgan fingerprint density at radius 2 is 2.00 bits per heavy atom. The third-order valence-corrected chi connectivity index (χ3v) is 2.86. The van der Waals surface area contributed by atoms with Gasteiger partial charge in [-0.3, -0.25) is 4.79 Å².